The Balaban J connectivity index is 1.90. The molecule has 114 valence electrons. The predicted molar refractivity (Wildman–Crippen MR) is 81.8 cm³/mol. The molecule has 0 amide bonds. The van der Waals surface area contributed by atoms with Gasteiger partial charge in [-0.3, -0.25) is 4.72 Å². The van der Waals surface area contributed by atoms with Crippen molar-refractivity contribution in [1.82, 2.24) is 5.16 Å². The Labute approximate surface area is 130 Å². The van der Waals surface area contributed by atoms with E-state index in [4.69, 9.17) is 4.52 Å². The Kier molecular flexibility index (Phi) is 3.71. The number of nitrogens with zero attached hydrogens (tertiary/aromatic N) is 1. The minimum absolute atomic E-state index is 0.141. The number of aryl methyl sites for hydroxylation is 1. The molecule has 0 saturated heterocycles. The SMILES string of the molecule is Cc1cc(F)ccc1NS(=O)(=O)c1ccc(-c2ccno2)s1. The van der Waals surface area contributed by atoms with Gasteiger partial charge in [-0.1, -0.05) is 5.16 Å². The van der Waals surface area contributed by atoms with Crippen LogP contribution in [0, 0.1) is 12.7 Å². The maximum absolute atomic E-state index is 13.1. The summed E-state index contributed by atoms with van der Waals surface area (Å²) in [6.45, 7) is 1.63. The van der Waals surface area contributed by atoms with Gasteiger partial charge in [-0.15, -0.1) is 11.3 Å². The van der Waals surface area contributed by atoms with Crippen LogP contribution in [0.3, 0.4) is 0 Å². The standard InChI is InChI=1S/C14H11FN2O3S2/c1-9-8-10(15)2-3-11(9)17-22(18,19)14-5-4-13(21-14)12-6-7-16-20-12/h2-8,17H,1H3. The second-order valence-corrected chi connectivity index (χ2v) is 7.55. The first-order valence-electron chi connectivity index (χ1n) is 6.25. The molecule has 0 atom stereocenters. The number of nitrogens with one attached hydrogen (secondary N) is 1. The van der Waals surface area contributed by atoms with Crippen LogP contribution in [0.25, 0.3) is 10.6 Å². The van der Waals surface area contributed by atoms with Gasteiger partial charge in [-0.05, 0) is 42.8 Å². The molecule has 1 N–H and O–H groups in total. The Morgan fingerprint density at radius 3 is 2.73 bits per heavy atom. The number of anilines is 1. The molecule has 0 saturated carbocycles. The Hall–Kier alpha value is -2.19. The maximum Gasteiger partial charge on any atom is 0.271 e. The van der Waals surface area contributed by atoms with Gasteiger partial charge in [-0.25, -0.2) is 12.8 Å². The van der Waals surface area contributed by atoms with Crippen LogP contribution < -0.4 is 4.72 Å². The average molecular weight is 338 g/mol. The molecule has 0 aliphatic rings. The topological polar surface area (TPSA) is 72.2 Å². The molecule has 1 aromatic carbocycles. The third kappa shape index (κ3) is 2.88. The van der Waals surface area contributed by atoms with Crippen LogP contribution in [0.5, 0.6) is 0 Å². The van der Waals surface area contributed by atoms with E-state index >= 15 is 0 Å². The van der Waals surface area contributed by atoms with Gasteiger partial charge in [0, 0.05) is 6.07 Å². The summed E-state index contributed by atoms with van der Waals surface area (Å²) >= 11 is 1.07. The van der Waals surface area contributed by atoms with E-state index in [1.54, 1.807) is 19.1 Å². The third-order valence-corrected chi connectivity index (χ3v) is 5.92. The van der Waals surface area contributed by atoms with Crippen molar-refractivity contribution in [2.24, 2.45) is 0 Å². The van der Waals surface area contributed by atoms with Gasteiger partial charge < -0.3 is 4.52 Å². The second kappa shape index (κ2) is 5.54. The van der Waals surface area contributed by atoms with Crippen LogP contribution in [0.4, 0.5) is 10.1 Å². The van der Waals surface area contributed by atoms with Crippen molar-refractivity contribution in [2.75, 3.05) is 4.72 Å². The number of benzene rings is 1. The average Bonchev–Trinajstić information content (AvgIpc) is 3.11. The monoisotopic (exact) mass is 338 g/mol. The molecule has 3 rings (SSSR count). The second-order valence-electron chi connectivity index (χ2n) is 4.56. The Morgan fingerprint density at radius 2 is 2.05 bits per heavy atom. The van der Waals surface area contributed by atoms with Crippen molar-refractivity contribution in [3.8, 4) is 10.6 Å². The van der Waals surface area contributed by atoms with E-state index in [0.29, 0.717) is 21.9 Å². The van der Waals surface area contributed by atoms with E-state index in [1.807, 2.05) is 0 Å². The lowest BCUT2D eigenvalue weighted by molar-refractivity contribution is 0.433. The number of hydrogen-bond acceptors (Lipinski definition) is 5. The first-order valence-corrected chi connectivity index (χ1v) is 8.55. The van der Waals surface area contributed by atoms with Gasteiger partial charge in [0.25, 0.3) is 10.0 Å². The fourth-order valence-electron chi connectivity index (χ4n) is 1.88. The lowest BCUT2D eigenvalue weighted by Crippen LogP contribution is -2.12. The van der Waals surface area contributed by atoms with Crippen LogP contribution in [-0.4, -0.2) is 13.6 Å². The number of rotatable bonds is 4. The smallest absolute Gasteiger partial charge is 0.271 e. The molecule has 0 spiro atoms. The van der Waals surface area contributed by atoms with Crippen molar-refractivity contribution in [1.29, 1.82) is 0 Å². The van der Waals surface area contributed by atoms with Gasteiger partial charge in [0.1, 0.15) is 10.0 Å². The van der Waals surface area contributed by atoms with Crippen LogP contribution in [0.15, 0.2) is 51.3 Å². The minimum atomic E-state index is -3.73. The quantitative estimate of drug-likeness (QED) is 0.788. The van der Waals surface area contributed by atoms with Gasteiger partial charge >= 0.3 is 0 Å². The number of hydrogen-bond donors (Lipinski definition) is 1. The summed E-state index contributed by atoms with van der Waals surface area (Å²) in [4.78, 5) is 0.661. The summed E-state index contributed by atoms with van der Waals surface area (Å²) in [5, 5.41) is 3.59. The number of halogens is 1. The van der Waals surface area contributed by atoms with Gasteiger partial charge in [0.2, 0.25) is 0 Å². The lowest BCUT2D eigenvalue weighted by Gasteiger charge is -2.09. The highest BCUT2D eigenvalue weighted by Crippen LogP contribution is 2.31. The molecule has 0 fully saturated rings. The lowest BCUT2D eigenvalue weighted by atomic mass is 10.2. The molecule has 2 aromatic heterocycles. The van der Waals surface area contributed by atoms with Gasteiger partial charge in [0.15, 0.2) is 5.76 Å². The normalized spacial score (nSPS) is 11.5. The molecular formula is C14H11FN2O3S2. The van der Waals surface area contributed by atoms with Crippen molar-refractivity contribution >= 4 is 27.0 Å². The summed E-state index contributed by atoms with van der Waals surface area (Å²) in [7, 11) is -3.73. The molecule has 0 radical (unpaired) electrons. The molecule has 0 bridgehead atoms. The zero-order chi connectivity index (χ0) is 15.7. The van der Waals surface area contributed by atoms with Crippen molar-refractivity contribution in [3.63, 3.8) is 0 Å². The molecule has 2 heterocycles. The highest BCUT2D eigenvalue weighted by molar-refractivity contribution is 7.94. The molecule has 22 heavy (non-hydrogen) atoms. The van der Waals surface area contributed by atoms with Crippen molar-refractivity contribution in [3.05, 3.63) is 54.0 Å². The number of thiophene rings is 1. The molecule has 5 nitrogen and oxygen atoms in total. The molecule has 3 aromatic rings. The largest absolute Gasteiger partial charge is 0.355 e. The zero-order valence-corrected chi connectivity index (χ0v) is 13.0. The van der Waals surface area contributed by atoms with Gasteiger partial charge in [-0.2, -0.15) is 0 Å². The highest BCUT2D eigenvalue weighted by Gasteiger charge is 2.19. The van der Waals surface area contributed by atoms with Crippen LogP contribution in [0.2, 0.25) is 0 Å². The molecule has 0 unspecified atom stereocenters. The Bertz CT molecular complexity index is 902. The predicted octanol–water partition coefficient (Wildman–Crippen LogP) is 3.65. The molecule has 8 heteroatoms. The summed E-state index contributed by atoms with van der Waals surface area (Å²) in [6.07, 6.45) is 1.49. The van der Waals surface area contributed by atoms with Gasteiger partial charge in [0.05, 0.1) is 16.8 Å². The number of sulfonamides is 1. The fraction of sp³-hybridized carbons (Fsp3) is 0.0714. The molecular weight excluding hydrogens is 327 g/mol. The summed E-state index contributed by atoms with van der Waals surface area (Å²) in [5.41, 5.74) is 0.853. The molecule has 0 aliphatic heterocycles. The van der Waals surface area contributed by atoms with Crippen LogP contribution in [0.1, 0.15) is 5.56 Å². The Morgan fingerprint density at radius 1 is 1.23 bits per heavy atom. The maximum atomic E-state index is 13.1. The van der Waals surface area contributed by atoms with E-state index < -0.39 is 15.8 Å². The summed E-state index contributed by atoms with van der Waals surface area (Å²) in [6, 6.07) is 8.67. The minimum Gasteiger partial charge on any atom is -0.355 e. The fourth-order valence-corrected chi connectivity index (χ4v) is 4.27. The first kappa shape index (κ1) is 14.7. The van der Waals surface area contributed by atoms with Crippen molar-refractivity contribution in [2.45, 2.75) is 11.1 Å². The zero-order valence-electron chi connectivity index (χ0n) is 11.4. The van der Waals surface area contributed by atoms with Crippen molar-refractivity contribution < 1.29 is 17.3 Å². The summed E-state index contributed by atoms with van der Waals surface area (Å²) < 4.78 is 45.4. The molecule has 0 aliphatic carbocycles. The highest BCUT2D eigenvalue weighted by atomic mass is 32.2. The van der Waals surface area contributed by atoms with E-state index in [1.165, 1.54) is 30.5 Å². The van der Waals surface area contributed by atoms with E-state index in [0.717, 1.165) is 11.3 Å². The van der Waals surface area contributed by atoms with E-state index in [2.05, 4.69) is 9.88 Å². The number of aromatic nitrogens is 1. The van der Waals surface area contributed by atoms with E-state index in [9.17, 15) is 12.8 Å². The first-order chi connectivity index (χ1) is 10.5. The van der Waals surface area contributed by atoms with Crippen LogP contribution >= 0.6 is 11.3 Å². The van der Waals surface area contributed by atoms with E-state index in [-0.39, 0.29) is 4.21 Å². The summed E-state index contributed by atoms with van der Waals surface area (Å²) in [5.74, 6) is 0.0913. The third-order valence-electron chi connectivity index (χ3n) is 2.96. The van der Waals surface area contributed by atoms with Crippen LogP contribution in [-0.2, 0) is 10.0 Å².